The molecule has 0 N–H and O–H groups in total. The van der Waals surface area contributed by atoms with E-state index in [1.54, 1.807) is 31.5 Å². The number of carbonyl (C=O) groups excluding carboxylic acids is 1. The summed E-state index contributed by atoms with van der Waals surface area (Å²) in [5.74, 6) is 0.896. The first-order valence-corrected chi connectivity index (χ1v) is 8.84. The van der Waals surface area contributed by atoms with Crippen molar-refractivity contribution in [2.45, 2.75) is 6.54 Å². The number of halogens is 1. The van der Waals surface area contributed by atoms with Gasteiger partial charge < -0.3 is 18.8 Å². The van der Waals surface area contributed by atoms with E-state index in [4.69, 9.17) is 25.5 Å². The number of nitro benzene ring substituents is 1. The fourth-order valence-corrected chi connectivity index (χ4v) is 2.82. The van der Waals surface area contributed by atoms with Gasteiger partial charge in [0.15, 0.2) is 11.5 Å². The second-order valence-electron chi connectivity index (χ2n) is 6.08. The fraction of sp³-hybridized carbons (Fsp3) is 0.150. The third-order valence-corrected chi connectivity index (χ3v) is 4.30. The van der Waals surface area contributed by atoms with Gasteiger partial charge in [-0.25, -0.2) is 0 Å². The Kier molecular flexibility index (Phi) is 6.04. The van der Waals surface area contributed by atoms with Gasteiger partial charge in [0.25, 0.3) is 5.91 Å². The van der Waals surface area contributed by atoms with Gasteiger partial charge in [0, 0.05) is 23.7 Å². The molecule has 0 fully saturated rings. The number of carbonyl (C=O) groups is 1. The topological polar surface area (TPSA) is 95.0 Å². The summed E-state index contributed by atoms with van der Waals surface area (Å²) in [5.41, 5.74) is 0.0896. The van der Waals surface area contributed by atoms with Crippen molar-refractivity contribution in [2.75, 3.05) is 14.2 Å². The van der Waals surface area contributed by atoms with Crippen LogP contribution in [0.5, 0.6) is 17.2 Å². The van der Waals surface area contributed by atoms with E-state index in [9.17, 15) is 14.9 Å². The van der Waals surface area contributed by atoms with Gasteiger partial charge in [-0.05, 0) is 42.5 Å². The van der Waals surface area contributed by atoms with E-state index in [2.05, 4.69) is 0 Å². The Bertz CT molecular complexity index is 1040. The highest BCUT2D eigenvalue weighted by atomic mass is 35.5. The highest BCUT2D eigenvalue weighted by Crippen LogP contribution is 2.38. The zero-order valence-corrected chi connectivity index (χ0v) is 16.4. The number of hydrogen-bond acceptors (Lipinski definition) is 6. The fourth-order valence-electron chi connectivity index (χ4n) is 2.65. The van der Waals surface area contributed by atoms with Crippen molar-refractivity contribution < 1.29 is 23.6 Å². The van der Waals surface area contributed by atoms with E-state index in [1.165, 1.54) is 42.3 Å². The normalized spacial score (nSPS) is 10.4. The maximum Gasteiger partial charge on any atom is 0.313 e. The molecule has 9 heteroatoms. The van der Waals surface area contributed by atoms with E-state index in [0.29, 0.717) is 17.9 Å². The Morgan fingerprint density at radius 1 is 1.17 bits per heavy atom. The third-order valence-electron chi connectivity index (χ3n) is 4.07. The van der Waals surface area contributed by atoms with Gasteiger partial charge in [-0.15, -0.1) is 0 Å². The molecule has 0 saturated heterocycles. The van der Waals surface area contributed by atoms with Crippen molar-refractivity contribution in [3.63, 3.8) is 0 Å². The van der Waals surface area contributed by atoms with Crippen LogP contribution in [0.1, 0.15) is 16.1 Å². The molecule has 0 aliphatic rings. The Hall–Kier alpha value is -3.52. The maximum absolute atomic E-state index is 12.7. The van der Waals surface area contributed by atoms with Crippen molar-refractivity contribution >= 4 is 23.2 Å². The minimum atomic E-state index is -0.588. The summed E-state index contributed by atoms with van der Waals surface area (Å²) in [7, 11) is 3.07. The minimum absolute atomic E-state index is 0.00622. The lowest BCUT2D eigenvalue weighted by Crippen LogP contribution is -2.26. The van der Waals surface area contributed by atoms with Crippen molar-refractivity contribution in [1.29, 1.82) is 0 Å². The van der Waals surface area contributed by atoms with Gasteiger partial charge in [-0.1, -0.05) is 11.6 Å². The van der Waals surface area contributed by atoms with Gasteiger partial charge >= 0.3 is 5.69 Å². The monoisotopic (exact) mass is 416 g/mol. The zero-order chi connectivity index (χ0) is 21.0. The molecule has 0 unspecified atom stereocenters. The second kappa shape index (κ2) is 8.66. The van der Waals surface area contributed by atoms with Crippen LogP contribution in [0.25, 0.3) is 0 Å². The highest BCUT2D eigenvalue weighted by Gasteiger charge is 2.20. The number of methoxy groups -OCH3 is 1. The molecular weight excluding hydrogens is 400 g/mol. The molecule has 1 aromatic heterocycles. The SMILES string of the molecule is COc1cc(C(=O)N(C)Cc2ccco2)ccc1Oc1ccc(Cl)cc1[N+](=O)[O-]. The summed E-state index contributed by atoms with van der Waals surface area (Å²) in [6.45, 7) is 0.309. The second-order valence-corrected chi connectivity index (χ2v) is 6.51. The highest BCUT2D eigenvalue weighted by molar-refractivity contribution is 6.30. The number of furan rings is 1. The molecule has 0 spiro atoms. The largest absolute Gasteiger partial charge is 0.493 e. The predicted octanol–water partition coefficient (Wildman–Crippen LogP) is 4.91. The standard InChI is InChI=1S/C20H17ClN2O6/c1-22(12-15-4-3-9-28-15)20(24)13-5-7-18(19(10-13)27-2)29-17-8-6-14(21)11-16(17)23(25)26/h3-11H,12H2,1-2H3. The Morgan fingerprint density at radius 2 is 1.93 bits per heavy atom. The predicted molar refractivity (Wildman–Crippen MR) is 106 cm³/mol. The Morgan fingerprint density at radius 3 is 2.59 bits per heavy atom. The van der Waals surface area contributed by atoms with Crippen LogP contribution >= 0.6 is 11.6 Å². The lowest BCUT2D eigenvalue weighted by Gasteiger charge is -2.17. The lowest BCUT2D eigenvalue weighted by molar-refractivity contribution is -0.385. The number of nitrogens with zero attached hydrogens (tertiary/aromatic N) is 2. The molecule has 29 heavy (non-hydrogen) atoms. The van der Waals surface area contributed by atoms with Crippen molar-refractivity contribution in [1.82, 2.24) is 4.90 Å². The van der Waals surface area contributed by atoms with Gasteiger partial charge in [0.05, 0.1) is 24.8 Å². The lowest BCUT2D eigenvalue weighted by atomic mass is 10.1. The Balaban J connectivity index is 1.84. The van der Waals surface area contributed by atoms with E-state index >= 15 is 0 Å². The maximum atomic E-state index is 12.7. The van der Waals surface area contributed by atoms with E-state index < -0.39 is 4.92 Å². The number of ether oxygens (including phenoxy) is 2. The van der Waals surface area contributed by atoms with E-state index in [-0.39, 0.29) is 33.9 Å². The molecule has 1 heterocycles. The van der Waals surface area contributed by atoms with Crippen molar-refractivity contribution in [2.24, 2.45) is 0 Å². The summed E-state index contributed by atoms with van der Waals surface area (Å²) in [6.07, 6.45) is 1.54. The molecule has 0 bridgehead atoms. The van der Waals surface area contributed by atoms with Crippen LogP contribution in [0.3, 0.4) is 0 Å². The molecule has 0 saturated carbocycles. The van der Waals surface area contributed by atoms with Crippen molar-refractivity contribution in [3.8, 4) is 17.2 Å². The zero-order valence-electron chi connectivity index (χ0n) is 15.6. The number of amides is 1. The molecule has 8 nitrogen and oxygen atoms in total. The van der Waals surface area contributed by atoms with E-state index in [0.717, 1.165) is 0 Å². The quantitative estimate of drug-likeness (QED) is 0.401. The molecule has 2 aromatic carbocycles. The van der Waals surface area contributed by atoms with Crippen LogP contribution in [0, 0.1) is 10.1 Å². The third kappa shape index (κ3) is 4.67. The molecule has 1 amide bonds. The van der Waals surface area contributed by atoms with Crippen LogP contribution in [-0.2, 0) is 6.54 Å². The summed E-state index contributed by atoms with van der Waals surface area (Å²) in [6, 6.07) is 12.2. The van der Waals surface area contributed by atoms with Gasteiger partial charge in [0.1, 0.15) is 5.76 Å². The van der Waals surface area contributed by atoms with Crippen LogP contribution in [-0.4, -0.2) is 29.9 Å². The number of nitro groups is 1. The molecule has 150 valence electrons. The van der Waals surface area contributed by atoms with Crippen molar-refractivity contribution in [3.05, 3.63) is 81.3 Å². The summed E-state index contributed by atoms with van der Waals surface area (Å²) >= 11 is 5.82. The first kappa shape index (κ1) is 20.2. The molecular formula is C20H17ClN2O6. The average molecular weight is 417 g/mol. The number of benzene rings is 2. The molecule has 0 radical (unpaired) electrons. The van der Waals surface area contributed by atoms with Gasteiger partial charge in [-0.3, -0.25) is 14.9 Å². The van der Waals surface area contributed by atoms with Gasteiger partial charge in [-0.2, -0.15) is 0 Å². The number of hydrogen-bond donors (Lipinski definition) is 0. The first-order valence-electron chi connectivity index (χ1n) is 8.46. The molecule has 0 aliphatic heterocycles. The molecule has 0 aliphatic carbocycles. The summed E-state index contributed by atoms with van der Waals surface area (Å²) in [5, 5.41) is 11.5. The molecule has 0 atom stereocenters. The van der Waals surface area contributed by atoms with Crippen LogP contribution in [0.15, 0.2) is 59.2 Å². The van der Waals surface area contributed by atoms with Crippen LogP contribution < -0.4 is 9.47 Å². The average Bonchev–Trinajstić information content (AvgIpc) is 3.21. The summed E-state index contributed by atoms with van der Waals surface area (Å²) < 4.78 is 16.2. The Labute approximate surface area is 171 Å². The first-order chi connectivity index (χ1) is 13.9. The number of rotatable bonds is 7. The molecule has 3 aromatic rings. The minimum Gasteiger partial charge on any atom is -0.493 e. The van der Waals surface area contributed by atoms with Crippen LogP contribution in [0.4, 0.5) is 5.69 Å². The summed E-state index contributed by atoms with van der Waals surface area (Å²) in [4.78, 5) is 24.8. The molecule has 3 rings (SSSR count). The van der Waals surface area contributed by atoms with Crippen LogP contribution in [0.2, 0.25) is 5.02 Å². The van der Waals surface area contributed by atoms with E-state index in [1.807, 2.05) is 0 Å². The smallest absolute Gasteiger partial charge is 0.313 e. The van der Waals surface area contributed by atoms with Gasteiger partial charge in [0.2, 0.25) is 5.75 Å².